The maximum Gasteiger partial charge on any atom is 0.291 e. The predicted molar refractivity (Wildman–Crippen MR) is 92.2 cm³/mol. The van der Waals surface area contributed by atoms with E-state index in [0.29, 0.717) is 17.9 Å². The van der Waals surface area contributed by atoms with E-state index < -0.39 is 0 Å². The van der Waals surface area contributed by atoms with Crippen LogP contribution in [0.2, 0.25) is 0 Å². The molecule has 0 aliphatic carbocycles. The van der Waals surface area contributed by atoms with Crippen LogP contribution in [0.3, 0.4) is 0 Å². The number of benzene rings is 1. The molecule has 0 aliphatic rings. The molecule has 6 nitrogen and oxygen atoms in total. The van der Waals surface area contributed by atoms with Crippen molar-refractivity contribution in [1.29, 1.82) is 0 Å². The summed E-state index contributed by atoms with van der Waals surface area (Å²) in [5, 5.41) is 2.72. The largest absolute Gasteiger partial charge is 0.497 e. The van der Waals surface area contributed by atoms with Crippen LogP contribution in [0.25, 0.3) is 0 Å². The second-order valence-electron chi connectivity index (χ2n) is 5.69. The first-order valence-electron chi connectivity index (χ1n) is 7.73. The van der Waals surface area contributed by atoms with Crippen LogP contribution in [0.15, 0.2) is 29.3 Å². The van der Waals surface area contributed by atoms with Gasteiger partial charge in [-0.15, -0.1) is 0 Å². The molecule has 0 aliphatic heterocycles. The summed E-state index contributed by atoms with van der Waals surface area (Å²) in [7, 11) is 5.62. The predicted octanol–water partition coefficient (Wildman–Crippen LogP) is 2.16. The lowest BCUT2D eigenvalue weighted by atomic mass is 10.2. The Hall–Kier alpha value is -2.08. The third-order valence-corrected chi connectivity index (χ3v) is 2.94. The minimum absolute atomic E-state index is 0.0567. The van der Waals surface area contributed by atoms with Gasteiger partial charge in [0.05, 0.1) is 13.2 Å². The Bertz CT molecular complexity index is 510. The van der Waals surface area contributed by atoms with Gasteiger partial charge in [0.1, 0.15) is 5.75 Å². The van der Waals surface area contributed by atoms with E-state index in [4.69, 9.17) is 9.47 Å². The SMILES string of the molecule is COc1ccc(C(=O)NC(=NCCCN(C)C)OC(C)C)cc1. The van der Waals surface area contributed by atoms with E-state index in [1.54, 1.807) is 31.4 Å². The van der Waals surface area contributed by atoms with Crippen LogP contribution >= 0.6 is 0 Å². The molecule has 1 amide bonds. The fourth-order valence-corrected chi connectivity index (χ4v) is 1.81. The highest BCUT2D eigenvalue weighted by Gasteiger charge is 2.11. The van der Waals surface area contributed by atoms with Crippen molar-refractivity contribution in [2.24, 2.45) is 4.99 Å². The number of methoxy groups -OCH3 is 1. The molecule has 6 heteroatoms. The molecule has 1 N–H and O–H groups in total. The van der Waals surface area contributed by atoms with Crippen molar-refractivity contribution >= 4 is 11.9 Å². The number of ether oxygens (including phenoxy) is 2. The summed E-state index contributed by atoms with van der Waals surface area (Å²) < 4.78 is 10.7. The first-order valence-corrected chi connectivity index (χ1v) is 7.73. The van der Waals surface area contributed by atoms with Gasteiger partial charge >= 0.3 is 0 Å². The number of aliphatic imine (C=N–C) groups is 1. The molecule has 0 heterocycles. The van der Waals surface area contributed by atoms with E-state index in [1.165, 1.54) is 0 Å². The molecular formula is C17H27N3O3. The maximum atomic E-state index is 12.3. The highest BCUT2D eigenvalue weighted by atomic mass is 16.5. The Kier molecular flexibility index (Phi) is 8.11. The molecular weight excluding hydrogens is 294 g/mol. The first-order chi connectivity index (χ1) is 10.9. The molecule has 0 aromatic heterocycles. The Morgan fingerprint density at radius 2 is 1.91 bits per heavy atom. The average Bonchev–Trinajstić information content (AvgIpc) is 2.50. The highest BCUT2D eigenvalue weighted by Crippen LogP contribution is 2.11. The minimum Gasteiger partial charge on any atom is -0.497 e. The third kappa shape index (κ3) is 7.65. The second kappa shape index (κ2) is 9.84. The van der Waals surface area contributed by atoms with Crippen LogP contribution in [-0.4, -0.2) is 57.2 Å². The number of nitrogens with zero attached hydrogens (tertiary/aromatic N) is 2. The van der Waals surface area contributed by atoms with Crippen molar-refractivity contribution in [3.8, 4) is 5.75 Å². The Balaban J connectivity index is 2.66. The van der Waals surface area contributed by atoms with Gasteiger partial charge in [-0.2, -0.15) is 0 Å². The van der Waals surface area contributed by atoms with Crippen molar-refractivity contribution in [3.63, 3.8) is 0 Å². The Morgan fingerprint density at radius 1 is 1.26 bits per heavy atom. The lowest BCUT2D eigenvalue weighted by Crippen LogP contribution is -2.34. The second-order valence-corrected chi connectivity index (χ2v) is 5.69. The summed E-state index contributed by atoms with van der Waals surface area (Å²) in [6.07, 6.45) is 0.842. The number of carbonyl (C=O) groups is 1. The fourth-order valence-electron chi connectivity index (χ4n) is 1.81. The summed E-state index contributed by atoms with van der Waals surface area (Å²) >= 11 is 0. The standard InChI is InChI=1S/C17H27N3O3/c1-13(2)23-17(18-11-6-12-20(3)4)19-16(21)14-7-9-15(22-5)10-8-14/h7-10,13H,6,11-12H2,1-5H3,(H,18,19,21). The van der Waals surface area contributed by atoms with Crippen LogP contribution in [0, 0.1) is 0 Å². The van der Waals surface area contributed by atoms with Crippen molar-refractivity contribution in [2.75, 3.05) is 34.3 Å². The van der Waals surface area contributed by atoms with Gasteiger partial charge in [-0.1, -0.05) is 0 Å². The molecule has 1 aromatic carbocycles. The summed E-state index contributed by atoms with van der Waals surface area (Å²) in [6.45, 7) is 5.33. The molecule has 128 valence electrons. The van der Waals surface area contributed by atoms with E-state index in [-0.39, 0.29) is 18.0 Å². The molecule has 0 radical (unpaired) electrons. The summed E-state index contributed by atoms with van der Waals surface area (Å²) in [4.78, 5) is 18.7. The van der Waals surface area contributed by atoms with Gasteiger partial charge in [-0.25, -0.2) is 4.99 Å². The molecule has 1 rings (SSSR count). The number of carbonyl (C=O) groups excluding carboxylic acids is 1. The quantitative estimate of drug-likeness (QED) is 0.475. The van der Waals surface area contributed by atoms with Gasteiger partial charge in [0, 0.05) is 12.1 Å². The van der Waals surface area contributed by atoms with Crippen LogP contribution < -0.4 is 10.1 Å². The van der Waals surface area contributed by atoms with Crippen LogP contribution in [0.1, 0.15) is 30.6 Å². The molecule has 0 bridgehead atoms. The van der Waals surface area contributed by atoms with Crippen LogP contribution in [0.4, 0.5) is 0 Å². The fraction of sp³-hybridized carbons (Fsp3) is 0.529. The summed E-state index contributed by atoms with van der Waals surface area (Å²) in [5.41, 5.74) is 0.527. The number of hydrogen-bond acceptors (Lipinski definition) is 5. The Labute approximate surface area is 138 Å². The van der Waals surface area contributed by atoms with Crippen molar-refractivity contribution in [3.05, 3.63) is 29.8 Å². The van der Waals surface area contributed by atoms with Gasteiger partial charge in [0.25, 0.3) is 11.9 Å². The normalized spacial score (nSPS) is 11.7. The number of rotatable bonds is 7. The first kappa shape index (κ1) is 19.0. The zero-order valence-corrected chi connectivity index (χ0v) is 14.6. The molecule has 0 spiro atoms. The topological polar surface area (TPSA) is 63.2 Å². The molecule has 0 saturated heterocycles. The zero-order chi connectivity index (χ0) is 17.2. The maximum absolute atomic E-state index is 12.3. The minimum atomic E-state index is -0.250. The van der Waals surface area contributed by atoms with Gasteiger partial charge < -0.3 is 14.4 Å². The van der Waals surface area contributed by atoms with Crippen LogP contribution in [0.5, 0.6) is 5.75 Å². The van der Waals surface area contributed by atoms with Crippen LogP contribution in [-0.2, 0) is 4.74 Å². The van der Waals surface area contributed by atoms with Crippen molar-refractivity contribution in [2.45, 2.75) is 26.4 Å². The zero-order valence-electron chi connectivity index (χ0n) is 14.6. The monoisotopic (exact) mass is 321 g/mol. The van der Waals surface area contributed by atoms with E-state index in [9.17, 15) is 4.79 Å². The summed E-state index contributed by atoms with van der Waals surface area (Å²) in [6, 6.07) is 7.15. The third-order valence-electron chi connectivity index (χ3n) is 2.94. The number of hydrogen-bond donors (Lipinski definition) is 1. The smallest absolute Gasteiger partial charge is 0.291 e. The summed E-state index contributed by atoms with van der Waals surface area (Å²) in [5.74, 6) is 0.456. The van der Waals surface area contributed by atoms with E-state index in [1.807, 2.05) is 27.9 Å². The molecule has 0 atom stereocenters. The van der Waals surface area contributed by atoms with E-state index in [0.717, 1.165) is 13.0 Å². The number of amidine groups is 1. The molecule has 0 unspecified atom stereocenters. The Morgan fingerprint density at radius 3 is 2.43 bits per heavy atom. The molecule has 0 fully saturated rings. The molecule has 23 heavy (non-hydrogen) atoms. The van der Waals surface area contributed by atoms with Crippen molar-refractivity contribution in [1.82, 2.24) is 10.2 Å². The van der Waals surface area contributed by atoms with Gasteiger partial charge in [0.2, 0.25) is 0 Å². The van der Waals surface area contributed by atoms with Gasteiger partial charge in [-0.05, 0) is 65.2 Å². The van der Waals surface area contributed by atoms with Gasteiger partial charge in [0.15, 0.2) is 0 Å². The highest BCUT2D eigenvalue weighted by molar-refractivity contribution is 6.04. The lowest BCUT2D eigenvalue weighted by molar-refractivity contribution is 0.0959. The molecule has 1 aromatic rings. The number of amides is 1. The number of nitrogens with one attached hydrogen (secondary N) is 1. The van der Waals surface area contributed by atoms with E-state index in [2.05, 4.69) is 15.2 Å². The van der Waals surface area contributed by atoms with Gasteiger partial charge in [-0.3, -0.25) is 10.1 Å². The molecule has 0 saturated carbocycles. The van der Waals surface area contributed by atoms with E-state index >= 15 is 0 Å². The lowest BCUT2D eigenvalue weighted by Gasteiger charge is -2.14. The van der Waals surface area contributed by atoms with Crippen molar-refractivity contribution < 1.29 is 14.3 Å². The average molecular weight is 321 g/mol.